The van der Waals surface area contributed by atoms with Gasteiger partial charge in [0.05, 0.1) is 28.9 Å². The maximum absolute atomic E-state index is 14.0. The number of benzene rings is 2. The summed E-state index contributed by atoms with van der Waals surface area (Å²) in [6.45, 7) is 3.76. The molecular formula is C72H106ClN17O16S. The predicted octanol–water partition coefficient (Wildman–Crippen LogP) is 2.14. The summed E-state index contributed by atoms with van der Waals surface area (Å²) < 4.78 is 12.8. The Hall–Kier alpha value is -8.69. The van der Waals surface area contributed by atoms with Gasteiger partial charge in [-0.2, -0.15) is 10.1 Å². The maximum Gasteiger partial charge on any atom is 0.326 e. The van der Waals surface area contributed by atoms with Crippen LogP contribution in [-0.2, 0) is 74.9 Å². The lowest BCUT2D eigenvalue weighted by Gasteiger charge is -2.68. The van der Waals surface area contributed by atoms with E-state index in [0.29, 0.717) is 91.5 Å². The Labute approximate surface area is 632 Å². The van der Waals surface area contributed by atoms with E-state index in [2.05, 4.69) is 47.5 Å². The van der Waals surface area contributed by atoms with Gasteiger partial charge in [0, 0.05) is 68.2 Å². The zero-order valence-corrected chi connectivity index (χ0v) is 62.6. The number of thioether (sulfide) groups is 1. The van der Waals surface area contributed by atoms with Crippen LogP contribution in [0, 0.1) is 40.9 Å². The van der Waals surface area contributed by atoms with E-state index in [1.807, 2.05) is 18.2 Å². The molecule has 2 aromatic rings. The fourth-order valence-electron chi connectivity index (χ4n) is 14.9. The minimum atomic E-state index is -1.28. The molecule has 4 aliphatic carbocycles. The number of carbonyl (C=O) groups excluding carboxylic acids is 10. The third kappa shape index (κ3) is 23.4. The first-order chi connectivity index (χ1) is 51.2. The normalized spacial score (nSPS) is 22.1. The highest BCUT2D eigenvalue weighted by Gasteiger charge is 2.77. The Kier molecular flexibility index (Phi) is 33.3. The van der Waals surface area contributed by atoms with Gasteiger partial charge in [-0.3, -0.25) is 53.0 Å². The third-order valence-electron chi connectivity index (χ3n) is 20.2. The molecule has 35 heteroatoms. The Morgan fingerprint density at radius 2 is 1.36 bits per heavy atom. The molecule has 107 heavy (non-hydrogen) atoms. The van der Waals surface area contributed by atoms with Gasteiger partial charge in [-0.1, -0.05) is 56.1 Å². The van der Waals surface area contributed by atoms with Crippen LogP contribution in [0.2, 0.25) is 5.02 Å². The van der Waals surface area contributed by atoms with E-state index in [4.69, 9.17) is 65.3 Å². The van der Waals surface area contributed by atoms with Crippen LogP contribution in [0.3, 0.4) is 0 Å². The molecule has 8 atom stereocenters. The van der Waals surface area contributed by atoms with Crippen molar-refractivity contribution in [2.75, 3.05) is 57.4 Å². The topological polar surface area (TPSA) is 537 Å². The first-order valence-electron chi connectivity index (χ1n) is 36.7. The smallest absolute Gasteiger partial charge is 0.326 e. The number of carboxylic acid groups (broad SMARTS) is 1. The molecule has 8 rings (SSSR count). The Morgan fingerprint density at radius 3 is 1.95 bits per heavy atom. The summed E-state index contributed by atoms with van der Waals surface area (Å²) in [7, 11) is 1.60. The molecule has 2 heterocycles. The van der Waals surface area contributed by atoms with Gasteiger partial charge >= 0.3 is 12.0 Å². The molecule has 2 aliphatic heterocycles. The Morgan fingerprint density at radius 1 is 0.738 bits per heavy atom. The summed E-state index contributed by atoms with van der Waals surface area (Å²) in [6, 6.07) is 4.59. The van der Waals surface area contributed by atoms with E-state index in [0.717, 1.165) is 42.3 Å². The highest BCUT2D eigenvalue weighted by Crippen LogP contribution is 2.70. The predicted molar refractivity (Wildman–Crippen MR) is 398 cm³/mol. The van der Waals surface area contributed by atoms with E-state index < -0.39 is 131 Å². The first-order valence-corrected chi connectivity index (χ1v) is 38.2. The Balaban J connectivity index is 0.847. The van der Waals surface area contributed by atoms with Gasteiger partial charge in [0.25, 0.3) is 5.79 Å². The standard InChI is InChI=1S/C72H106ClN17O16S/c1-41(2)60(66(98)87-52(18-13-30-82-70(80)102)63(95)84-48-23-20-42(21-24-48)39-104-61-45(14-11-28-76)22-25-49(59(61)73)72(103-3)71(105-106-72)46-33-43-32-44(35-46)36-47(71)34-43)89-56(91)19-5-4-10-31-90-58(93)37-55(67(90)99)107-40-50(77)62(94)83-38-57(92)85-51(15-6-8-26-74)64(96)86-53(17-12-29-81-69(78)79)65(97)88-54(68(100)101)16-7-9-27-75/h11,14,20-25,41,43-44,46-47,50-55,60H,4-10,12-13,15-19,26-27,29-40,74-75,77H2,1-3H3,(H,83,94)(H,84,95)(H,85,92)(H,86,96)(H,87,98)(H,88,97)(H,89,91)(H,100,101)(H4,78,79,81)(H3,80,82,102)/b14-11+/t43?,44?,46?,47?,50-,51-,52?,53-,54-,55?,60?,71?,72?/m1/s1. The molecule has 4 saturated carbocycles. The van der Waals surface area contributed by atoms with E-state index in [1.54, 1.807) is 51.3 Å². The zero-order chi connectivity index (χ0) is 78.0. The summed E-state index contributed by atoms with van der Waals surface area (Å²) in [5.74, 6) is -6.84. The average molecular weight is 1530 g/mol. The maximum atomic E-state index is 14.0. The van der Waals surface area contributed by atoms with Crippen LogP contribution in [-0.4, -0.2) is 180 Å². The number of primary amides is 1. The number of nitrogens with two attached hydrogens (primary N) is 6. The van der Waals surface area contributed by atoms with Crippen LogP contribution < -0.4 is 81.7 Å². The van der Waals surface area contributed by atoms with Crippen molar-refractivity contribution in [2.45, 2.75) is 202 Å². The second-order valence-electron chi connectivity index (χ2n) is 28.3. The van der Waals surface area contributed by atoms with Crippen LogP contribution in [0.4, 0.5) is 10.5 Å². The fourth-order valence-corrected chi connectivity index (χ4v) is 16.3. The summed E-state index contributed by atoms with van der Waals surface area (Å²) in [5, 5.41) is 39.6. The minimum Gasteiger partial charge on any atom is -0.487 e. The molecule has 2 aromatic carbocycles. The van der Waals surface area contributed by atoms with Crippen LogP contribution >= 0.6 is 23.4 Å². The summed E-state index contributed by atoms with van der Waals surface area (Å²) in [4.78, 5) is 162. The van der Waals surface area contributed by atoms with Gasteiger partial charge in [0.1, 0.15) is 42.6 Å². The van der Waals surface area contributed by atoms with Crippen molar-refractivity contribution < 1.29 is 77.1 Å². The quantitative estimate of drug-likeness (QED) is 0.0113. The molecule has 4 bridgehead atoms. The molecule has 4 unspecified atom stereocenters. The van der Waals surface area contributed by atoms with E-state index in [1.165, 1.54) is 12.5 Å². The molecular weight excluding hydrogens is 1430 g/mol. The van der Waals surface area contributed by atoms with Crippen LogP contribution in [0.5, 0.6) is 5.75 Å². The van der Waals surface area contributed by atoms with Crippen molar-refractivity contribution in [3.63, 3.8) is 0 Å². The van der Waals surface area contributed by atoms with Gasteiger partial charge < -0.3 is 91.5 Å². The number of methoxy groups -OCH3 is 1. The molecule has 2 saturated heterocycles. The van der Waals surface area contributed by atoms with Crippen molar-refractivity contribution in [2.24, 2.45) is 69.0 Å². The number of amides is 11. The second kappa shape index (κ2) is 41.6. The third-order valence-corrected chi connectivity index (χ3v) is 21.9. The molecule has 11 amide bonds. The van der Waals surface area contributed by atoms with E-state index >= 15 is 0 Å². The number of nitriles is 1. The lowest BCUT2D eigenvalue weighted by molar-refractivity contribution is -0.645. The second-order valence-corrected chi connectivity index (χ2v) is 29.9. The number of rotatable bonds is 46. The minimum absolute atomic E-state index is 0.000786. The SMILES string of the molecule is COC1(c2ccc(/C=C/C#N)c(OCc3ccc(NC(=O)C(CCCNC(N)=O)NC(=O)C(NC(=O)CCCCCN4C(=O)CC(SC[C@@H](N)C(=O)NCC(=O)N[C@H](CCCCN)C(=O)N[C@H](CCCN=C(N)N)C(=O)N[C@H](CCCCN)C(=O)O)C4=O)C(C)C)cc3)c2Cl)OOC12C1CC3CC(C1)CC2C3. The number of aliphatic imine (C=N–C) groups is 1. The molecule has 6 aliphatic rings. The highest BCUT2D eigenvalue weighted by atomic mass is 35.5. The largest absolute Gasteiger partial charge is 0.487 e. The number of guanidine groups is 1. The number of nitrogens with zero attached hydrogens (tertiary/aromatic N) is 3. The molecule has 1 spiro atoms. The summed E-state index contributed by atoms with van der Waals surface area (Å²) in [6.07, 6.45) is 11.8. The molecule has 6 fully saturated rings. The van der Waals surface area contributed by atoms with Crippen molar-refractivity contribution in [1.82, 2.24) is 42.1 Å². The van der Waals surface area contributed by atoms with Gasteiger partial charge in [-0.15, -0.1) is 11.8 Å². The molecule has 21 N–H and O–H groups in total. The van der Waals surface area contributed by atoms with Gasteiger partial charge in [-0.25, -0.2) is 14.5 Å². The van der Waals surface area contributed by atoms with E-state index in [-0.39, 0.29) is 113 Å². The summed E-state index contributed by atoms with van der Waals surface area (Å²) in [5.41, 5.74) is 35.1. The number of urea groups is 1. The number of hydrogen-bond acceptors (Lipinski definition) is 21. The number of hydrogen-bond donors (Lipinski definition) is 15. The number of ether oxygens (including phenoxy) is 2. The van der Waals surface area contributed by atoms with Gasteiger partial charge in [-0.05, 0) is 176 Å². The first kappa shape index (κ1) is 85.6. The van der Waals surface area contributed by atoms with Crippen molar-refractivity contribution in [3.8, 4) is 11.8 Å². The lowest BCUT2D eigenvalue weighted by Crippen LogP contribution is -2.76. The fraction of sp³-hybridized carbons (Fsp3) is 0.625. The molecule has 0 aromatic heterocycles. The Bertz CT molecular complexity index is 3530. The number of carbonyl (C=O) groups is 11. The number of carboxylic acids is 1. The zero-order valence-electron chi connectivity index (χ0n) is 61.0. The number of likely N-dealkylation sites (tertiary alicyclic amines) is 1. The average Bonchev–Trinajstić information content (AvgIpc) is 0.882. The van der Waals surface area contributed by atoms with Gasteiger partial charge in [0.2, 0.25) is 53.2 Å². The number of aliphatic carboxylic acids is 1. The number of nitrogens with one attached hydrogen (secondary N) is 8. The number of imide groups is 1. The number of halogens is 1. The van der Waals surface area contributed by atoms with Gasteiger partial charge in [0.15, 0.2) is 11.6 Å². The molecule has 588 valence electrons. The van der Waals surface area contributed by atoms with Crippen molar-refractivity contribution >= 4 is 106 Å². The number of anilines is 1. The van der Waals surface area contributed by atoms with Crippen molar-refractivity contribution in [1.29, 1.82) is 5.26 Å². The highest BCUT2D eigenvalue weighted by molar-refractivity contribution is 8.00. The van der Waals surface area contributed by atoms with Crippen LogP contribution in [0.25, 0.3) is 6.08 Å². The monoisotopic (exact) mass is 1530 g/mol. The lowest BCUT2D eigenvalue weighted by atomic mass is 9.47. The van der Waals surface area contributed by atoms with Crippen LogP contribution in [0.1, 0.15) is 159 Å². The molecule has 33 nitrogen and oxygen atoms in total. The van der Waals surface area contributed by atoms with E-state index in [9.17, 15) is 63.1 Å². The summed E-state index contributed by atoms with van der Waals surface area (Å²) >= 11 is 8.30. The van der Waals surface area contributed by atoms with Crippen molar-refractivity contribution in [3.05, 3.63) is 64.2 Å². The number of allylic oxidation sites excluding steroid dienone is 1. The number of unbranched alkanes of at least 4 members (excludes halogenated alkanes) is 4. The molecule has 0 radical (unpaired) electrons. The van der Waals surface area contributed by atoms with Crippen LogP contribution in [0.15, 0.2) is 47.5 Å².